The lowest BCUT2D eigenvalue weighted by atomic mass is 10.0. The molecule has 1 amide bonds. The number of carbonyl (C=O) groups excluding carboxylic acids is 1. The number of nitrogens with two attached hydrogens (primary N) is 1. The minimum Gasteiger partial charge on any atom is -0.493 e. The summed E-state index contributed by atoms with van der Waals surface area (Å²) in [6, 6.07) is 4.97. The molecule has 86 valence electrons. The van der Waals surface area contributed by atoms with E-state index in [0.29, 0.717) is 6.61 Å². The molecular weight excluding hydrogens is 206 g/mol. The van der Waals surface area contributed by atoms with Gasteiger partial charge in [0, 0.05) is 13.5 Å². The SMILES string of the molecule is CNNC(=O)C(N)c1ccc2c(c1)CCO2. The van der Waals surface area contributed by atoms with Crippen molar-refractivity contribution in [3.63, 3.8) is 0 Å². The first-order chi connectivity index (χ1) is 7.72. The molecular formula is C11H15N3O2. The highest BCUT2D eigenvalue weighted by Crippen LogP contribution is 2.27. The molecule has 0 fully saturated rings. The predicted octanol–water partition coefficient (Wildman–Crippen LogP) is -0.128. The topological polar surface area (TPSA) is 76.4 Å². The normalized spacial score (nSPS) is 15.1. The maximum atomic E-state index is 11.5. The lowest BCUT2D eigenvalue weighted by Crippen LogP contribution is -2.40. The summed E-state index contributed by atoms with van der Waals surface area (Å²) in [4.78, 5) is 11.5. The van der Waals surface area contributed by atoms with Crippen molar-refractivity contribution in [1.29, 1.82) is 0 Å². The summed E-state index contributed by atoms with van der Waals surface area (Å²) in [5, 5.41) is 0. The molecule has 5 heteroatoms. The molecule has 1 unspecified atom stereocenters. The molecule has 5 nitrogen and oxygen atoms in total. The Morgan fingerprint density at radius 2 is 2.38 bits per heavy atom. The van der Waals surface area contributed by atoms with E-state index < -0.39 is 6.04 Å². The van der Waals surface area contributed by atoms with E-state index in [0.717, 1.165) is 23.3 Å². The van der Waals surface area contributed by atoms with Crippen LogP contribution in [0.4, 0.5) is 0 Å². The van der Waals surface area contributed by atoms with Crippen LogP contribution in [0, 0.1) is 0 Å². The Labute approximate surface area is 93.9 Å². The first-order valence-electron chi connectivity index (χ1n) is 5.20. The van der Waals surface area contributed by atoms with Gasteiger partial charge in [-0.15, -0.1) is 0 Å². The highest BCUT2D eigenvalue weighted by molar-refractivity contribution is 5.82. The number of hydrogen-bond acceptors (Lipinski definition) is 4. The Bertz CT molecular complexity index is 406. The molecule has 0 spiro atoms. The Morgan fingerprint density at radius 3 is 3.12 bits per heavy atom. The van der Waals surface area contributed by atoms with Gasteiger partial charge in [-0.25, -0.2) is 5.43 Å². The van der Waals surface area contributed by atoms with Crippen molar-refractivity contribution in [2.45, 2.75) is 12.5 Å². The Hall–Kier alpha value is -1.59. The highest BCUT2D eigenvalue weighted by Gasteiger charge is 2.18. The number of rotatable bonds is 3. The lowest BCUT2D eigenvalue weighted by molar-refractivity contribution is -0.123. The summed E-state index contributed by atoms with van der Waals surface area (Å²) in [6.07, 6.45) is 0.879. The van der Waals surface area contributed by atoms with Crippen LogP contribution in [0.2, 0.25) is 0 Å². The van der Waals surface area contributed by atoms with Gasteiger partial charge in [0.25, 0.3) is 5.91 Å². The Morgan fingerprint density at radius 1 is 1.56 bits per heavy atom. The van der Waals surface area contributed by atoms with Gasteiger partial charge in [-0.2, -0.15) is 0 Å². The van der Waals surface area contributed by atoms with Crippen LogP contribution >= 0.6 is 0 Å². The molecule has 1 aliphatic heterocycles. The number of amides is 1. The second-order valence-electron chi connectivity index (χ2n) is 3.68. The van der Waals surface area contributed by atoms with Gasteiger partial charge in [0.1, 0.15) is 11.8 Å². The largest absolute Gasteiger partial charge is 0.493 e. The van der Waals surface area contributed by atoms with E-state index in [-0.39, 0.29) is 5.91 Å². The number of carbonyl (C=O) groups is 1. The Balaban J connectivity index is 2.18. The van der Waals surface area contributed by atoms with Crippen LogP contribution < -0.4 is 21.3 Å². The number of ether oxygens (including phenoxy) is 1. The van der Waals surface area contributed by atoms with E-state index in [1.807, 2.05) is 18.2 Å². The summed E-state index contributed by atoms with van der Waals surface area (Å²) in [5.41, 5.74) is 12.8. The second kappa shape index (κ2) is 4.51. The van der Waals surface area contributed by atoms with Crippen LogP contribution in [0.1, 0.15) is 17.2 Å². The number of fused-ring (bicyclic) bond motifs is 1. The maximum Gasteiger partial charge on any atom is 0.255 e. The summed E-state index contributed by atoms with van der Waals surface area (Å²) in [5.74, 6) is 0.645. The monoisotopic (exact) mass is 221 g/mol. The van der Waals surface area contributed by atoms with Crippen LogP contribution in [0.25, 0.3) is 0 Å². The standard InChI is InChI=1S/C11H15N3O2/c1-13-14-11(15)10(12)8-2-3-9-7(6-8)4-5-16-9/h2-3,6,10,13H,4-5,12H2,1H3,(H,14,15). The molecule has 2 rings (SSSR count). The van der Waals surface area contributed by atoms with E-state index in [1.54, 1.807) is 7.05 Å². The van der Waals surface area contributed by atoms with Crippen LogP contribution in [0.5, 0.6) is 5.75 Å². The zero-order valence-electron chi connectivity index (χ0n) is 9.12. The molecule has 0 saturated heterocycles. The summed E-state index contributed by atoms with van der Waals surface area (Å²) in [7, 11) is 1.63. The smallest absolute Gasteiger partial charge is 0.255 e. The van der Waals surface area contributed by atoms with Gasteiger partial charge in [0.15, 0.2) is 0 Å². The van der Waals surface area contributed by atoms with E-state index >= 15 is 0 Å². The fourth-order valence-electron chi connectivity index (χ4n) is 1.75. The number of benzene rings is 1. The van der Waals surface area contributed by atoms with Gasteiger partial charge >= 0.3 is 0 Å². The summed E-state index contributed by atoms with van der Waals surface area (Å²) in [6.45, 7) is 0.705. The number of nitrogens with one attached hydrogen (secondary N) is 2. The molecule has 0 aromatic heterocycles. The van der Waals surface area contributed by atoms with Crippen molar-refractivity contribution in [1.82, 2.24) is 10.9 Å². The first-order valence-corrected chi connectivity index (χ1v) is 5.20. The van der Waals surface area contributed by atoms with Crippen LogP contribution in [0.15, 0.2) is 18.2 Å². The fourth-order valence-corrected chi connectivity index (χ4v) is 1.75. The van der Waals surface area contributed by atoms with E-state index in [4.69, 9.17) is 10.5 Å². The molecule has 16 heavy (non-hydrogen) atoms. The minimum atomic E-state index is -0.654. The van der Waals surface area contributed by atoms with E-state index in [1.165, 1.54) is 0 Å². The van der Waals surface area contributed by atoms with E-state index in [9.17, 15) is 4.79 Å². The second-order valence-corrected chi connectivity index (χ2v) is 3.68. The number of hydrazine groups is 1. The van der Waals surface area contributed by atoms with Crippen LogP contribution in [-0.2, 0) is 11.2 Å². The zero-order valence-corrected chi connectivity index (χ0v) is 9.12. The minimum absolute atomic E-state index is 0.249. The molecule has 4 N–H and O–H groups in total. The Kier molecular flexibility index (Phi) is 3.07. The molecule has 1 atom stereocenters. The van der Waals surface area contributed by atoms with Crippen LogP contribution in [0.3, 0.4) is 0 Å². The van der Waals surface area contributed by atoms with Crippen molar-refractivity contribution in [2.24, 2.45) is 5.73 Å². The average molecular weight is 221 g/mol. The van der Waals surface area contributed by atoms with Gasteiger partial charge < -0.3 is 10.5 Å². The summed E-state index contributed by atoms with van der Waals surface area (Å²) >= 11 is 0. The number of hydrogen-bond donors (Lipinski definition) is 3. The van der Waals surface area contributed by atoms with Gasteiger partial charge in [0.2, 0.25) is 0 Å². The summed E-state index contributed by atoms with van der Waals surface area (Å²) < 4.78 is 5.39. The zero-order chi connectivity index (χ0) is 11.5. The van der Waals surface area contributed by atoms with Gasteiger partial charge in [-0.1, -0.05) is 6.07 Å². The quantitative estimate of drug-likeness (QED) is 0.621. The van der Waals surface area contributed by atoms with Crippen molar-refractivity contribution >= 4 is 5.91 Å². The van der Waals surface area contributed by atoms with Crippen LogP contribution in [-0.4, -0.2) is 19.6 Å². The highest BCUT2D eigenvalue weighted by atomic mass is 16.5. The molecule has 0 radical (unpaired) electrons. The third-order valence-electron chi connectivity index (χ3n) is 2.60. The van der Waals surface area contributed by atoms with E-state index in [2.05, 4.69) is 10.9 Å². The van der Waals surface area contributed by atoms with Crippen molar-refractivity contribution in [3.05, 3.63) is 29.3 Å². The van der Waals surface area contributed by atoms with Gasteiger partial charge in [-0.3, -0.25) is 10.2 Å². The molecule has 1 aromatic carbocycles. The van der Waals surface area contributed by atoms with Crippen molar-refractivity contribution < 1.29 is 9.53 Å². The molecule has 0 aliphatic carbocycles. The molecule has 1 heterocycles. The predicted molar refractivity (Wildman–Crippen MR) is 59.8 cm³/mol. The first kappa shape index (κ1) is 10.9. The molecule has 1 aromatic rings. The lowest BCUT2D eigenvalue weighted by Gasteiger charge is -2.12. The fraction of sp³-hybridized carbons (Fsp3) is 0.364. The third-order valence-corrected chi connectivity index (χ3v) is 2.60. The van der Waals surface area contributed by atoms with Gasteiger partial charge in [-0.05, 0) is 23.3 Å². The van der Waals surface area contributed by atoms with Crippen molar-refractivity contribution in [3.8, 4) is 5.75 Å². The van der Waals surface area contributed by atoms with Gasteiger partial charge in [0.05, 0.1) is 6.61 Å². The average Bonchev–Trinajstić information content (AvgIpc) is 2.75. The molecule has 1 aliphatic rings. The maximum absolute atomic E-state index is 11.5. The third kappa shape index (κ3) is 2.00. The molecule has 0 bridgehead atoms. The molecule has 0 saturated carbocycles. The van der Waals surface area contributed by atoms with Crippen molar-refractivity contribution in [2.75, 3.05) is 13.7 Å².